The van der Waals surface area contributed by atoms with Gasteiger partial charge < -0.3 is 10.0 Å². The first-order valence-corrected chi connectivity index (χ1v) is 6.93. The third-order valence-electron chi connectivity index (χ3n) is 3.51. The molecular weight excluding hydrogens is 238 g/mol. The van der Waals surface area contributed by atoms with E-state index in [2.05, 4.69) is 19.1 Å². The number of aliphatic hydroxyl groups excluding tert-OH is 1. The zero-order chi connectivity index (χ0) is 13.7. The lowest BCUT2D eigenvalue weighted by Gasteiger charge is -2.29. The summed E-state index contributed by atoms with van der Waals surface area (Å²) < 4.78 is 0. The van der Waals surface area contributed by atoms with Crippen LogP contribution in [0.3, 0.4) is 0 Å². The van der Waals surface area contributed by atoms with E-state index in [9.17, 15) is 9.90 Å². The second-order valence-electron chi connectivity index (χ2n) is 5.01. The lowest BCUT2D eigenvalue weighted by Crippen LogP contribution is -2.41. The van der Waals surface area contributed by atoms with Crippen LogP contribution in [-0.4, -0.2) is 35.1 Å². The van der Waals surface area contributed by atoms with Crippen LogP contribution < -0.4 is 0 Å². The van der Waals surface area contributed by atoms with Gasteiger partial charge in [0.25, 0.3) is 0 Å². The Morgan fingerprint density at radius 3 is 2.79 bits per heavy atom. The molecule has 1 aliphatic rings. The highest BCUT2D eigenvalue weighted by Gasteiger charge is 2.20. The van der Waals surface area contributed by atoms with Gasteiger partial charge in [0.2, 0.25) is 5.91 Å². The molecule has 0 saturated carbocycles. The number of hydrogen-bond acceptors (Lipinski definition) is 2. The molecule has 102 valence electrons. The van der Waals surface area contributed by atoms with Crippen molar-refractivity contribution in [2.24, 2.45) is 0 Å². The third kappa shape index (κ3) is 3.93. The molecule has 19 heavy (non-hydrogen) atoms. The number of nitrogens with zero attached hydrogens (tertiary/aromatic N) is 1. The van der Waals surface area contributed by atoms with Gasteiger partial charge in [-0.2, -0.15) is 0 Å². The first-order chi connectivity index (χ1) is 9.19. The van der Waals surface area contributed by atoms with E-state index in [1.165, 1.54) is 5.56 Å². The van der Waals surface area contributed by atoms with Crippen LogP contribution in [-0.2, 0) is 11.2 Å². The number of β-amino-alcohol motifs (C(OH)–C–C–N with tert-alkyl or cyclic N) is 1. The molecule has 3 nitrogen and oxygen atoms in total. The molecule has 0 aromatic heterocycles. The monoisotopic (exact) mass is 259 g/mol. The maximum absolute atomic E-state index is 12.0. The lowest BCUT2D eigenvalue weighted by atomic mass is 10.1. The average Bonchev–Trinajstić information content (AvgIpc) is 2.45. The number of benzene rings is 1. The Balaban J connectivity index is 1.95. The minimum absolute atomic E-state index is 0.0154. The van der Waals surface area contributed by atoms with E-state index in [-0.39, 0.29) is 12.0 Å². The van der Waals surface area contributed by atoms with Crippen molar-refractivity contribution in [2.75, 3.05) is 13.1 Å². The molecule has 1 heterocycles. The second-order valence-corrected chi connectivity index (χ2v) is 5.01. The Kier molecular flexibility index (Phi) is 4.74. The van der Waals surface area contributed by atoms with Gasteiger partial charge in [-0.25, -0.2) is 0 Å². The van der Waals surface area contributed by atoms with E-state index < -0.39 is 0 Å². The highest BCUT2D eigenvalue weighted by Crippen LogP contribution is 2.11. The number of hydrogen-bond donors (Lipinski definition) is 1. The quantitative estimate of drug-likeness (QED) is 0.846. The number of likely N-dealkylation sites (tertiary alicyclic amines) is 1. The Morgan fingerprint density at radius 1 is 1.42 bits per heavy atom. The molecule has 1 N–H and O–H groups in total. The van der Waals surface area contributed by atoms with E-state index in [1.807, 2.05) is 18.2 Å². The van der Waals surface area contributed by atoms with Gasteiger partial charge in [-0.1, -0.05) is 31.2 Å². The molecule has 2 rings (SSSR count). The van der Waals surface area contributed by atoms with Gasteiger partial charge in [-0.15, -0.1) is 0 Å². The molecule has 1 atom stereocenters. The average molecular weight is 259 g/mol. The Bertz CT molecular complexity index is 450. The molecule has 1 unspecified atom stereocenters. The number of aryl methyl sites for hydroxylation is 1. The molecule has 0 aliphatic carbocycles. The predicted molar refractivity (Wildman–Crippen MR) is 76.7 cm³/mol. The number of aliphatic hydroxyl groups is 1. The van der Waals surface area contributed by atoms with Gasteiger partial charge in [-0.05, 0) is 36.5 Å². The maximum Gasteiger partial charge on any atom is 0.246 e. The van der Waals surface area contributed by atoms with Crippen molar-refractivity contribution < 1.29 is 9.90 Å². The summed E-state index contributed by atoms with van der Waals surface area (Å²) in [6.45, 7) is 3.32. The fourth-order valence-electron chi connectivity index (χ4n) is 2.29. The number of carbonyl (C=O) groups is 1. The van der Waals surface area contributed by atoms with Crippen LogP contribution in [0.2, 0.25) is 0 Å². The number of piperidine rings is 1. The minimum atomic E-state index is -0.366. The first-order valence-electron chi connectivity index (χ1n) is 6.93. The zero-order valence-electron chi connectivity index (χ0n) is 11.4. The van der Waals surface area contributed by atoms with Crippen molar-refractivity contribution in [3.63, 3.8) is 0 Å². The summed E-state index contributed by atoms with van der Waals surface area (Å²) in [5, 5.41) is 9.55. The molecule has 0 bridgehead atoms. The van der Waals surface area contributed by atoms with Crippen LogP contribution >= 0.6 is 0 Å². The summed E-state index contributed by atoms with van der Waals surface area (Å²) in [7, 11) is 0. The van der Waals surface area contributed by atoms with Gasteiger partial charge in [0.05, 0.1) is 6.10 Å². The molecule has 0 radical (unpaired) electrons. The van der Waals surface area contributed by atoms with Crippen molar-refractivity contribution >= 4 is 12.0 Å². The molecule has 1 aromatic carbocycles. The summed E-state index contributed by atoms with van der Waals surface area (Å²) in [6.07, 6.45) is 5.77. The Hall–Kier alpha value is -1.61. The van der Waals surface area contributed by atoms with Gasteiger partial charge in [-0.3, -0.25) is 4.79 Å². The molecule has 0 spiro atoms. The van der Waals surface area contributed by atoms with Gasteiger partial charge in [0, 0.05) is 19.2 Å². The van der Waals surface area contributed by atoms with Crippen LogP contribution in [0.5, 0.6) is 0 Å². The number of carbonyl (C=O) groups excluding carboxylic acids is 1. The van der Waals surface area contributed by atoms with Crippen LogP contribution in [0, 0.1) is 0 Å². The highest BCUT2D eigenvalue weighted by molar-refractivity contribution is 5.91. The molecule has 1 aliphatic heterocycles. The third-order valence-corrected chi connectivity index (χ3v) is 3.51. The Labute approximate surface area is 114 Å². The van der Waals surface area contributed by atoms with Crippen molar-refractivity contribution in [3.05, 3.63) is 41.5 Å². The van der Waals surface area contributed by atoms with Crippen molar-refractivity contribution in [2.45, 2.75) is 32.3 Å². The topological polar surface area (TPSA) is 40.5 Å². The maximum atomic E-state index is 12.0. The van der Waals surface area contributed by atoms with Crippen molar-refractivity contribution in [3.8, 4) is 0 Å². The highest BCUT2D eigenvalue weighted by atomic mass is 16.3. The number of rotatable bonds is 3. The van der Waals surface area contributed by atoms with E-state index in [0.717, 1.165) is 31.4 Å². The second kappa shape index (κ2) is 6.53. The summed E-state index contributed by atoms with van der Waals surface area (Å²) in [4.78, 5) is 13.7. The van der Waals surface area contributed by atoms with Crippen molar-refractivity contribution in [1.82, 2.24) is 4.90 Å². The van der Waals surface area contributed by atoms with Crippen molar-refractivity contribution in [1.29, 1.82) is 0 Å². The standard InChI is InChI=1S/C16H21NO2/c1-2-13-5-7-14(8-6-13)9-10-16(19)17-11-3-4-15(18)12-17/h5-10,15,18H,2-4,11-12H2,1H3/b10-9+. The molecule has 1 saturated heterocycles. The lowest BCUT2D eigenvalue weighted by molar-refractivity contribution is -0.128. The number of amides is 1. The van der Waals surface area contributed by atoms with E-state index in [1.54, 1.807) is 11.0 Å². The van der Waals surface area contributed by atoms with Crippen LogP contribution in [0.25, 0.3) is 6.08 Å². The largest absolute Gasteiger partial charge is 0.391 e. The fourth-order valence-corrected chi connectivity index (χ4v) is 2.29. The molecule has 1 aromatic rings. The summed E-state index contributed by atoms with van der Waals surface area (Å²) in [5.74, 6) is -0.0154. The molecule has 3 heteroatoms. The minimum Gasteiger partial charge on any atom is -0.391 e. The van der Waals surface area contributed by atoms with E-state index in [4.69, 9.17) is 0 Å². The van der Waals surface area contributed by atoms with Gasteiger partial charge in [0.1, 0.15) is 0 Å². The molecule has 1 fully saturated rings. The van der Waals surface area contributed by atoms with Gasteiger partial charge >= 0.3 is 0 Å². The van der Waals surface area contributed by atoms with Crippen LogP contribution in [0.15, 0.2) is 30.3 Å². The summed E-state index contributed by atoms with van der Waals surface area (Å²) in [6, 6.07) is 8.20. The fraction of sp³-hybridized carbons (Fsp3) is 0.438. The molecule has 1 amide bonds. The molecular formula is C16H21NO2. The van der Waals surface area contributed by atoms with Crippen LogP contribution in [0.1, 0.15) is 30.9 Å². The van der Waals surface area contributed by atoms with E-state index in [0.29, 0.717) is 6.54 Å². The Morgan fingerprint density at radius 2 is 2.16 bits per heavy atom. The van der Waals surface area contributed by atoms with Crippen LogP contribution in [0.4, 0.5) is 0 Å². The zero-order valence-corrected chi connectivity index (χ0v) is 11.4. The summed E-state index contributed by atoms with van der Waals surface area (Å²) >= 11 is 0. The first kappa shape index (κ1) is 13.8. The predicted octanol–water partition coefficient (Wildman–Crippen LogP) is 2.25. The van der Waals surface area contributed by atoms with E-state index >= 15 is 0 Å². The summed E-state index contributed by atoms with van der Waals surface area (Å²) in [5.41, 5.74) is 2.32. The van der Waals surface area contributed by atoms with Gasteiger partial charge in [0.15, 0.2) is 0 Å². The SMILES string of the molecule is CCc1ccc(/C=C/C(=O)N2CCCC(O)C2)cc1. The normalized spacial score (nSPS) is 19.9. The smallest absolute Gasteiger partial charge is 0.246 e.